The molecule has 0 fully saturated rings. The first-order valence-electron chi connectivity index (χ1n) is 22.7. The number of hydrogen-bond acceptors (Lipinski definition) is 9. The van der Waals surface area contributed by atoms with Gasteiger partial charge in [0.1, 0.15) is 28.6 Å². The third-order valence-corrected chi connectivity index (χ3v) is 13.7. The van der Waals surface area contributed by atoms with Gasteiger partial charge in [0, 0.05) is 18.5 Å². The average Bonchev–Trinajstić information content (AvgIpc) is 3.20. The molecule has 336 valence electrons. The highest BCUT2D eigenvalue weighted by Crippen LogP contribution is 2.45. The predicted molar refractivity (Wildman–Crippen MR) is 252 cm³/mol. The summed E-state index contributed by atoms with van der Waals surface area (Å²) in [7, 11) is 4.01. The molecule has 10 heteroatoms. The Morgan fingerprint density at radius 2 is 1.48 bits per heavy atom. The van der Waals surface area contributed by atoms with Gasteiger partial charge in [-0.15, -0.1) is 0 Å². The number of methoxy groups -OCH3 is 1. The summed E-state index contributed by atoms with van der Waals surface area (Å²) >= 11 is 0. The first-order valence-corrected chi connectivity index (χ1v) is 25.2. The molecule has 1 aliphatic heterocycles. The Kier molecular flexibility index (Phi) is 23.1. The van der Waals surface area contributed by atoms with Crippen LogP contribution in [-0.2, 0) is 27.3 Å². The summed E-state index contributed by atoms with van der Waals surface area (Å²) in [6.45, 7) is 20.0. The lowest BCUT2D eigenvalue weighted by Crippen LogP contribution is -2.37. The lowest BCUT2D eigenvalue weighted by molar-refractivity contribution is -0.132. The summed E-state index contributed by atoms with van der Waals surface area (Å²) in [4.78, 5) is 38.0. The van der Waals surface area contributed by atoms with Crippen molar-refractivity contribution in [3.63, 3.8) is 0 Å². The van der Waals surface area contributed by atoms with Gasteiger partial charge in [-0.05, 0) is 125 Å². The number of benzene rings is 2. The number of carbonyl (C=O) groups excluding carboxylic acids is 3. The van der Waals surface area contributed by atoms with E-state index in [1.807, 2.05) is 13.8 Å². The number of ether oxygens (including phenoxy) is 4. The van der Waals surface area contributed by atoms with Crippen LogP contribution in [0.1, 0.15) is 166 Å². The molecule has 2 aromatic carbocycles. The van der Waals surface area contributed by atoms with Crippen LogP contribution in [0, 0.1) is 38.5 Å². The van der Waals surface area contributed by atoms with Gasteiger partial charge in [0.05, 0.1) is 7.11 Å². The van der Waals surface area contributed by atoms with Crippen molar-refractivity contribution < 1.29 is 33.3 Å². The summed E-state index contributed by atoms with van der Waals surface area (Å²) in [5.74, 6) is 3.69. The van der Waals surface area contributed by atoms with Crippen molar-refractivity contribution in [2.24, 2.45) is 17.8 Å². The lowest BCUT2D eigenvalue weighted by atomic mass is 9.84. The topological polar surface area (TPSA) is 100 Å². The van der Waals surface area contributed by atoms with E-state index < -0.39 is 5.97 Å². The van der Waals surface area contributed by atoms with Crippen LogP contribution in [0.3, 0.4) is 0 Å². The van der Waals surface area contributed by atoms with Gasteiger partial charge in [0.15, 0.2) is 11.5 Å². The molecular weight excluding hydrogens is 791 g/mol. The molecule has 1 aliphatic rings. The molecule has 1 amide bonds. The van der Waals surface area contributed by atoms with Crippen molar-refractivity contribution in [1.82, 2.24) is 5.32 Å². The minimum Gasteiger partial charge on any atom is -0.493 e. The fraction of sp³-hybridized carbons (Fsp3) is 0.660. The van der Waals surface area contributed by atoms with Gasteiger partial charge in [-0.25, -0.2) is 0 Å². The summed E-state index contributed by atoms with van der Waals surface area (Å²) in [6.07, 6.45) is 22.4. The first kappa shape index (κ1) is 51.2. The minimum atomic E-state index is -0.458. The number of carbonyl (C=O) groups is 3. The van der Waals surface area contributed by atoms with Gasteiger partial charge in [0.25, 0.3) is 0 Å². The highest BCUT2D eigenvalue weighted by atomic mass is 33.1. The molecule has 0 saturated carbocycles. The van der Waals surface area contributed by atoms with Crippen molar-refractivity contribution in [3.8, 4) is 23.0 Å². The minimum absolute atomic E-state index is 0.00514. The van der Waals surface area contributed by atoms with E-state index in [2.05, 4.69) is 65.9 Å². The number of esters is 2. The van der Waals surface area contributed by atoms with Crippen LogP contribution >= 0.6 is 21.6 Å². The Morgan fingerprint density at radius 3 is 2.17 bits per heavy atom. The smallest absolute Gasteiger partial charge is 0.322 e. The molecule has 1 heterocycles. The number of nitrogens with one attached hydrogen (secondary N) is 1. The summed E-state index contributed by atoms with van der Waals surface area (Å²) in [5, 5.41) is 2.95. The third-order valence-electron chi connectivity index (χ3n) is 11.6. The second-order valence-electron chi connectivity index (χ2n) is 18.0. The Hall–Kier alpha value is -3.11. The quantitative estimate of drug-likeness (QED) is 0.0295. The predicted octanol–water partition coefficient (Wildman–Crippen LogP) is 13.2. The number of allylic oxidation sites excluding steroid dienone is 2. The van der Waals surface area contributed by atoms with Gasteiger partial charge in [-0.2, -0.15) is 0 Å². The van der Waals surface area contributed by atoms with Crippen molar-refractivity contribution in [3.05, 3.63) is 58.2 Å². The van der Waals surface area contributed by atoms with E-state index >= 15 is 0 Å². The maximum Gasteiger partial charge on any atom is 0.322 e. The zero-order valence-electron chi connectivity index (χ0n) is 38.7. The Bertz CT molecular complexity index is 1690. The molecule has 0 saturated heterocycles. The van der Waals surface area contributed by atoms with Crippen molar-refractivity contribution >= 4 is 39.4 Å². The second kappa shape index (κ2) is 27.1. The molecule has 0 spiro atoms. The largest absolute Gasteiger partial charge is 0.493 e. The van der Waals surface area contributed by atoms with Crippen molar-refractivity contribution in [2.75, 3.05) is 18.6 Å². The van der Waals surface area contributed by atoms with Gasteiger partial charge in [-0.3, -0.25) is 14.4 Å². The summed E-state index contributed by atoms with van der Waals surface area (Å²) in [5.41, 5.74) is 4.69. The molecule has 2 atom stereocenters. The van der Waals surface area contributed by atoms with Crippen molar-refractivity contribution in [1.29, 1.82) is 0 Å². The first-order chi connectivity index (χ1) is 28.6. The standard InChI is InChI=1S/C50H77NO7S2/c1-35(2)21-16-12-11-13-18-23-37(5)24-20-29-50(9)30-28-42-40(8)48(38(6)39(7)49(42)58-50)57-47(54)34-60-59-33-46(53)56-43-27-26-41(31-44(43)55-10)32-51-45(52)25-19-15-14-17-22-36(3)4/h17,22,26-27,31,35-37H,11-16,18-21,23-25,28-30,32-34H2,1-10H3,(H,51,52)/b22-17+/t37-,50-/m1/s1. The molecule has 60 heavy (non-hydrogen) atoms. The maximum absolute atomic E-state index is 13.0. The van der Waals surface area contributed by atoms with Crippen LogP contribution in [0.5, 0.6) is 23.0 Å². The maximum atomic E-state index is 13.0. The highest BCUT2D eigenvalue weighted by molar-refractivity contribution is 8.77. The number of fused-ring (bicyclic) bond motifs is 1. The summed E-state index contributed by atoms with van der Waals surface area (Å²) in [6, 6.07) is 5.23. The van der Waals surface area contributed by atoms with Gasteiger partial charge in [-0.1, -0.05) is 126 Å². The lowest BCUT2D eigenvalue weighted by Gasteiger charge is -2.38. The van der Waals surface area contributed by atoms with E-state index in [1.54, 1.807) is 18.2 Å². The van der Waals surface area contributed by atoms with Crippen LogP contribution in [0.4, 0.5) is 0 Å². The highest BCUT2D eigenvalue weighted by Gasteiger charge is 2.35. The van der Waals surface area contributed by atoms with E-state index in [0.29, 0.717) is 36.1 Å². The zero-order valence-corrected chi connectivity index (χ0v) is 40.4. The number of hydrogen-bond donors (Lipinski definition) is 1. The average molecular weight is 868 g/mol. The molecule has 3 rings (SSSR count). The monoisotopic (exact) mass is 868 g/mol. The Balaban J connectivity index is 1.39. The van der Waals surface area contributed by atoms with Crippen LogP contribution < -0.4 is 24.3 Å². The molecule has 1 N–H and O–H groups in total. The van der Waals surface area contributed by atoms with Crippen LogP contribution in [0.15, 0.2) is 30.4 Å². The molecular formula is C50H77NO7S2. The number of amides is 1. The Morgan fingerprint density at radius 1 is 0.817 bits per heavy atom. The number of rotatable bonds is 28. The molecule has 0 bridgehead atoms. The molecule has 0 aromatic heterocycles. The zero-order chi connectivity index (χ0) is 44.1. The molecule has 8 nitrogen and oxygen atoms in total. The fourth-order valence-electron chi connectivity index (χ4n) is 7.74. The van der Waals surface area contributed by atoms with Gasteiger partial charge in [0.2, 0.25) is 5.91 Å². The van der Waals surface area contributed by atoms with Crippen LogP contribution in [0.2, 0.25) is 0 Å². The third kappa shape index (κ3) is 18.5. The van der Waals surface area contributed by atoms with E-state index in [0.717, 1.165) is 83.9 Å². The fourth-order valence-corrected chi connectivity index (χ4v) is 9.30. The summed E-state index contributed by atoms with van der Waals surface area (Å²) < 4.78 is 23.8. The molecule has 0 aliphatic carbocycles. The molecule has 2 aromatic rings. The normalized spacial score (nSPS) is 15.5. The van der Waals surface area contributed by atoms with Crippen LogP contribution in [-0.4, -0.2) is 42.1 Å². The Labute approximate surface area is 371 Å². The van der Waals surface area contributed by atoms with E-state index in [9.17, 15) is 14.4 Å². The van der Waals surface area contributed by atoms with Crippen LogP contribution in [0.25, 0.3) is 0 Å². The van der Waals surface area contributed by atoms with Crippen molar-refractivity contribution in [2.45, 2.75) is 177 Å². The van der Waals surface area contributed by atoms with Gasteiger partial charge < -0.3 is 24.3 Å². The molecule has 0 unspecified atom stereocenters. The number of unbranched alkanes of at least 4 members (excludes halogenated alkanes) is 6. The SMILES string of the molecule is COc1cc(CNC(=O)CCCC/C=C/C(C)C)ccc1OC(=O)CSSCC(=O)Oc1c(C)c(C)c2c(c1C)CC[C@@](C)(CCC[C@H](C)CCCCCCCC(C)C)O2. The van der Waals surface area contributed by atoms with Gasteiger partial charge >= 0.3 is 11.9 Å². The van der Waals surface area contributed by atoms with E-state index in [4.69, 9.17) is 18.9 Å². The van der Waals surface area contributed by atoms with E-state index in [-0.39, 0.29) is 29.0 Å². The van der Waals surface area contributed by atoms with E-state index in [1.165, 1.54) is 86.5 Å². The second-order valence-corrected chi connectivity index (χ2v) is 20.4. The molecule has 0 radical (unpaired) electrons.